The smallest absolute Gasteiger partial charge is 0.340 e. The summed E-state index contributed by atoms with van der Waals surface area (Å²) >= 11 is 0. The Kier molecular flexibility index (Phi) is 4.53. The molecule has 132 valence electrons. The summed E-state index contributed by atoms with van der Waals surface area (Å²) in [7, 11) is 2.88. The van der Waals surface area contributed by atoms with E-state index in [9.17, 15) is 9.59 Å². The van der Waals surface area contributed by atoms with Crippen LogP contribution in [0.25, 0.3) is 0 Å². The number of ether oxygens (including phenoxy) is 3. The molecule has 0 unspecified atom stereocenters. The zero-order chi connectivity index (χ0) is 18.1. The molecule has 0 bridgehead atoms. The third kappa shape index (κ3) is 2.88. The molecule has 0 amide bonds. The van der Waals surface area contributed by atoms with Crippen LogP contribution in [-0.4, -0.2) is 26.0 Å². The number of esters is 1. The predicted molar refractivity (Wildman–Crippen MR) is 90.7 cm³/mol. The molecule has 0 radical (unpaired) electrons. The highest BCUT2D eigenvalue weighted by Gasteiger charge is 2.41. The molecule has 6 nitrogen and oxygen atoms in total. The van der Waals surface area contributed by atoms with Gasteiger partial charge in [0.15, 0.2) is 5.78 Å². The molecule has 6 heteroatoms. The van der Waals surface area contributed by atoms with Crippen LogP contribution in [0.5, 0.6) is 5.75 Å². The lowest BCUT2D eigenvalue weighted by Gasteiger charge is -2.32. The number of allylic oxidation sites excluding steroid dienone is 2. The van der Waals surface area contributed by atoms with E-state index < -0.39 is 11.9 Å². The number of carbonyl (C=O) groups is 2. The van der Waals surface area contributed by atoms with Crippen LogP contribution in [-0.2, 0) is 19.1 Å². The van der Waals surface area contributed by atoms with E-state index >= 15 is 0 Å². The molecule has 0 fully saturated rings. The van der Waals surface area contributed by atoms with Crippen molar-refractivity contribution in [3.05, 3.63) is 52.1 Å². The largest absolute Gasteiger partial charge is 0.496 e. The SMILES string of the molecule is COC(=O)C1=C(N)OC2=C(C(=O)CCC2)[C@H]1c1ccc(OC)c(C)c1. The summed E-state index contributed by atoms with van der Waals surface area (Å²) in [5, 5.41) is 0. The summed E-state index contributed by atoms with van der Waals surface area (Å²) in [6.07, 6.45) is 1.77. The van der Waals surface area contributed by atoms with Gasteiger partial charge in [-0.25, -0.2) is 4.79 Å². The maximum absolute atomic E-state index is 12.6. The minimum atomic E-state index is -0.596. The first-order valence-corrected chi connectivity index (χ1v) is 8.14. The second-order valence-electron chi connectivity index (χ2n) is 6.15. The van der Waals surface area contributed by atoms with Gasteiger partial charge >= 0.3 is 5.97 Å². The van der Waals surface area contributed by atoms with Crippen molar-refractivity contribution in [2.75, 3.05) is 14.2 Å². The average Bonchev–Trinajstić information content (AvgIpc) is 2.60. The molecule has 3 rings (SSSR count). The standard InChI is InChI=1S/C19H21NO5/c1-10-9-11(7-8-13(10)23-2)15-16-12(21)5-4-6-14(16)25-18(20)17(15)19(22)24-3/h7-9,15H,4-6,20H2,1-3H3/t15-/m1/s1. The molecule has 2 N–H and O–H groups in total. The second kappa shape index (κ2) is 6.63. The number of Topliss-reactive ketones (excluding diaryl/α,β-unsaturated/α-hetero) is 1. The van der Waals surface area contributed by atoms with E-state index in [1.807, 2.05) is 25.1 Å². The Balaban J connectivity index is 2.19. The van der Waals surface area contributed by atoms with Crippen molar-refractivity contribution < 1.29 is 23.8 Å². The number of ketones is 1. The van der Waals surface area contributed by atoms with Gasteiger partial charge in [0, 0.05) is 18.4 Å². The van der Waals surface area contributed by atoms with Crippen LogP contribution in [0.15, 0.2) is 41.0 Å². The second-order valence-corrected chi connectivity index (χ2v) is 6.15. The fourth-order valence-electron chi connectivity index (χ4n) is 3.48. The molecular weight excluding hydrogens is 322 g/mol. The van der Waals surface area contributed by atoms with E-state index in [4.69, 9.17) is 19.9 Å². The van der Waals surface area contributed by atoms with Crippen LogP contribution in [0.3, 0.4) is 0 Å². The third-order valence-electron chi connectivity index (χ3n) is 4.64. The van der Waals surface area contributed by atoms with Crippen molar-refractivity contribution in [2.45, 2.75) is 32.1 Å². The van der Waals surface area contributed by atoms with Crippen LogP contribution < -0.4 is 10.5 Å². The highest BCUT2D eigenvalue weighted by molar-refractivity contribution is 6.03. The van der Waals surface area contributed by atoms with Gasteiger partial charge in [-0.3, -0.25) is 4.79 Å². The quantitative estimate of drug-likeness (QED) is 0.848. The van der Waals surface area contributed by atoms with Gasteiger partial charge in [-0.15, -0.1) is 0 Å². The van der Waals surface area contributed by atoms with Gasteiger partial charge in [-0.1, -0.05) is 12.1 Å². The van der Waals surface area contributed by atoms with Gasteiger partial charge in [0.1, 0.15) is 17.1 Å². The maximum atomic E-state index is 12.6. The van der Waals surface area contributed by atoms with E-state index in [-0.39, 0.29) is 17.2 Å². The van der Waals surface area contributed by atoms with Crippen LogP contribution in [0.1, 0.15) is 36.3 Å². The summed E-state index contributed by atoms with van der Waals surface area (Å²) in [4.78, 5) is 25.0. The first-order chi connectivity index (χ1) is 12.0. The van der Waals surface area contributed by atoms with Gasteiger partial charge in [0.05, 0.1) is 20.1 Å². The molecule has 1 aliphatic carbocycles. The van der Waals surface area contributed by atoms with Gasteiger partial charge in [-0.05, 0) is 30.5 Å². The summed E-state index contributed by atoms with van der Waals surface area (Å²) < 4.78 is 15.8. The number of hydrogen-bond acceptors (Lipinski definition) is 6. The van der Waals surface area contributed by atoms with Crippen LogP contribution in [0, 0.1) is 6.92 Å². The summed E-state index contributed by atoms with van der Waals surface area (Å²) in [6, 6.07) is 5.56. The molecule has 1 heterocycles. The Morgan fingerprint density at radius 1 is 1.28 bits per heavy atom. The van der Waals surface area contributed by atoms with Crippen LogP contribution in [0.4, 0.5) is 0 Å². The van der Waals surface area contributed by atoms with E-state index in [0.717, 1.165) is 16.9 Å². The maximum Gasteiger partial charge on any atom is 0.340 e. The number of carbonyl (C=O) groups excluding carboxylic acids is 2. The van der Waals surface area contributed by atoms with Crippen LogP contribution >= 0.6 is 0 Å². The lowest BCUT2D eigenvalue weighted by Crippen LogP contribution is -2.31. The van der Waals surface area contributed by atoms with Gasteiger partial charge < -0.3 is 19.9 Å². The molecular formula is C19H21NO5. The van der Waals surface area contributed by atoms with Crippen molar-refractivity contribution in [3.8, 4) is 5.75 Å². The molecule has 0 saturated carbocycles. The van der Waals surface area contributed by atoms with Crippen molar-refractivity contribution in [1.82, 2.24) is 0 Å². The fraction of sp³-hybridized carbons (Fsp3) is 0.368. The highest BCUT2D eigenvalue weighted by atomic mass is 16.5. The molecule has 1 aromatic carbocycles. The van der Waals surface area contributed by atoms with Gasteiger partial charge in [-0.2, -0.15) is 0 Å². The molecule has 0 saturated heterocycles. The van der Waals surface area contributed by atoms with E-state index in [0.29, 0.717) is 30.6 Å². The Morgan fingerprint density at radius 3 is 2.68 bits per heavy atom. The van der Waals surface area contributed by atoms with E-state index in [1.54, 1.807) is 7.11 Å². The summed E-state index contributed by atoms with van der Waals surface area (Å²) in [6.45, 7) is 1.91. The minimum Gasteiger partial charge on any atom is -0.496 e. The van der Waals surface area contributed by atoms with Crippen molar-refractivity contribution in [2.24, 2.45) is 5.73 Å². The first-order valence-electron chi connectivity index (χ1n) is 8.14. The first kappa shape index (κ1) is 17.1. The summed E-state index contributed by atoms with van der Waals surface area (Å²) in [5.41, 5.74) is 8.38. The number of rotatable bonds is 3. The molecule has 0 spiro atoms. The zero-order valence-electron chi connectivity index (χ0n) is 14.5. The normalized spacial score (nSPS) is 20.1. The lowest BCUT2D eigenvalue weighted by molar-refractivity contribution is -0.136. The topological polar surface area (TPSA) is 87.9 Å². The van der Waals surface area contributed by atoms with Gasteiger partial charge in [0.25, 0.3) is 0 Å². The Labute approximate surface area is 146 Å². The molecule has 2 aliphatic rings. The van der Waals surface area contributed by atoms with E-state index in [2.05, 4.69) is 0 Å². The molecule has 1 atom stereocenters. The third-order valence-corrected chi connectivity index (χ3v) is 4.64. The summed E-state index contributed by atoms with van der Waals surface area (Å²) in [5.74, 6) is 0.0818. The number of hydrogen-bond donors (Lipinski definition) is 1. The van der Waals surface area contributed by atoms with Gasteiger partial charge in [0.2, 0.25) is 5.88 Å². The monoisotopic (exact) mass is 343 g/mol. The van der Waals surface area contributed by atoms with Crippen molar-refractivity contribution in [1.29, 1.82) is 0 Å². The molecule has 1 aliphatic heterocycles. The van der Waals surface area contributed by atoms with Crippen molar-refractivity contribution in [3.63, 3.8) is 0 Å². The number of aryl methyl sites for hydroxylation is 1. The molecule has 25 heavy (non-hydrogen) atoms. The van der Waals surface area contributed by atoms with E-state index in [1.165, 1.54) is 7.11 Å². The Morgan fingerprint density at radius 2 is 2.04 bits per heavy atom. The molecule has 1 aromatic rings. The zero-order valence-corrected chi connectivity index (χ0v) is 14.5. The molecule has 0 aromatic heterocycles. The number of methoxy groups -OCH3 is 2. The number of nitrogens with two attached hydrogens (primary N) is 1. The van der Waals surface area contributed by atoms with Crippen molar-refractivity contribution >= 4 is 11.8 Å². The highest BCUT2D eigenvalue weighted by Crippen LogP contribution is 2.44. The Bertz CT molecular complexity index is 806. The lowest BCUT2D eigenvalue weighted by atomic mass is 9.77. The Hall–Kier alpha value is -2.76. The predicted octanol–water partition coefficient (Wildman–Crippen LogP) is 2.47. The average molecular weight is 343 g/mol. The van der Waals surface area contributed by atoms with Crippen LogP contribution in [0.2, 0.25) is 0 Å². The fourth-order valence-corrected chi connectivity index (χ4v) is 3.48. The minimum absolute atomic E-state index is 0.00114. The number of benzene rings is 1.